The third kappa shape index (κ3) is 1.89. The molecule has 1 aromatic heterocycles. The summed E-state index contributed by atoms with van der Waals surface area (Å²) >= 11 is 0. The summed E-state index contributed by atoms with van der Waals surface area (Å²) in [5, 5.41) is 0. The van der Waals surface area contributed by atoms with Gasteiger partial charge in [-0.05, 0) is 19.4 Å². The molecule has 0 amide bonds. The topological polar surface area (TPSA) is 32.3 Å². The van der Waals surface area contributed by atoms with E-state index in [1.165, 1.54) is 38.0 Å². The Hall–Kier alpha value is -1.16. The number of nitrogens with zero attached hydrogens (tertiary/aromatic N) is 4. The molecule has 16 heavy (non-hydrogen) atoms. The molecule has 86 valence electrons. The number of piperazine rings is 1. The summed E-state index contributed by atoms with van der Waals surface area (Å²) in [7, 11) is 0. The van der Waals surface area contributed by atoms with E-state index in [1.54, 1.807) is 6.33 Å². The highest BCUT2D eigenvalue weighted by Gasteiger charge is 2.28. The first-order valence-corrected chi connectivity index (χ1v) is 6.17. The second-order valence-electron chi connectivity index (χ2n) is 4.73. The fourth-order valence-electron chi connectivity index (χ4n) is 2.85. The summed E-state index contributed by atoms with van der Waals surface area (Å²) in [6.07, 6.45) is 9.56. The van der Waals surface area contributed by atoms with Crippen LogP contribution in [0.25, 0.3) is 0 Å². The Labute approximate surface area is 96.3 Å². The van der Waals surface area contributed by atoms with Gasteiger partial charge in [0.2, 0.25) is 0 Å². The van der Waals surface area contributed by atoms with Crippen LogP contribution in [0.15, 0.2) is 18.7 Å². The standard InChI is InChI=1S/C12H18N4/c1-2-4-15-5-6-16(9-11(15)3-1)12-7-13-10-14-8-12/h7-8,10-11H,1-6,9H2. The third-order valence-corrected chi connectivity index (χ3v) is 3.75. The van der Waals surface area contributed by atoms with Gasteiger partial charge in [-0.15, -0.1) is 0 Å². The smallest absolute Gasteiger partial charge is 0.115 e. The number of rotatable bonds is 1. The van der Waals surface area contributed by atoms with Gasteiger partial charge in [0.05, 0.1) is 18.1 Å². The molecular formula is C12H18N4. The quantitative estimate of drug-likeness (QED) is 0.708. The molecular weight excluding hydrogens is 200 g/mol. The van der Waals surface area contributed by atoms with Gasteiger partial charge in [-0.2, -0.15) is 0 Å². The largest absolute Gasteiger partial charge is 0.366 e. The molecule has 0 spiro atoms. The molecule has 0 radical (unpaired) electrons. The summed E-state index contributed by atoms with van der Waals surface area (Å²) in [5.74, 6) is 0. The Balaban J connectivity index is 1.71. The van der Waals surface area contributed by atoms with Crippen LogP contribution in [0.1, 0.15) is 19.3 Å². The van der Waals surface area contributed by atoms with E-state index in [1.807, 2.05) is 12.4 Å². The monoisotopic (exact) mass is 218 g/mol. The van der Waals surface area contributed by atoms with E-state index in [2.05, 4.69) is 19.8 Å². The second kappa shape index (κ2) is 4.37. The first-order chi connectivity index (χ1) is 7.93. The molecule has 0 N–H and O–H groups in total. The van der Waals surface area contributed by atoms with Crippen LogP contribution in [0, 0.1) is 0 Å². The number of fused-ring (bicyclic) bond motifs is 1. The lowest BCUT2D eigenvalue weighted by Crippen LogP contribution is -2.54. The Morgan fingerprint density at radius 1 is 1.06 bits per heavy atom. The fraction of sp³-hybridized carbons (Fsp3) is 0.667. The van der Waals surface area contributed by atoms with E-state index >= 15 is 0 Å². The van der Waals surface area contributed by atoms with E-state index < -0.39 is 0 Å². The summed E-state index contributed by atoms with van der Waals surface area (Å²) in [6.45, 7) is 4.75. The van der Waals surface area contributed by atoms with Crippen LogP contribution in [-0.2, 0) is 0 Å². The Kier molecular flexibility index (Phi) is 2.74. The minimum atomic E-state index is 0.753. The molecule has 2 saturated heterocycles. The number of anilines is 1. The van der Waals surface area contributed by atoms with Crippen molar-refractivity contribution in [3.8, 4) is 0 Å². The van der Waals surface area contributed by atoms with Crippen LogP contribution >= 0.6 is 0 Å². The lowest BCUT2D eigenvalue weighted by molar-refractivity contribution is 0.133. The van der Waals surface area contributed by atoms with E-state index in [0.29, 0.717) is 0 Å². The average molecular weight is 218 g/mol. The molecule has 1 unspecified atom stereocenters. The normalized spacial score (nSPS) is 26.5. The van der Waals surface area contributed by atoms with Gasteiger partial charge in [-0.25, -0.2) is 9.97 Å². The predicted molar refractivity (Wildman–Crippen MR) is 63.5 cm³/mol. The van der Waals surface area contributed by atoms with Crippen molar-refractivity contribution < 1.29 is 0 Å². The second-order valence-corrected chi connectivity index (χ2v) is 4.73. The Morgan fingerprint density at radius 3 is 2.81 bits per heavy atom. The van der Waals surface area contributed by atoms with Gasteiger partial charge in [0.15, 0.2) is 0 Å². The van der Waals surface area contributed by atoms with Gasteiger partial charge in [-0.1, -0.05) is 6.42 Å². The summed E-state index contributed by atoms with van der Waals surface area (Å²) in [4.78, 5) is 13.3. The Bertz CT molecular complexity index is 340. The molecule has 0 aromatic carbocycles. The number of hydrogen-bond donors (Lipinski definition) is 0. The van der Waals surface area contributed by atoms with Crippen LogP contribution in [0.3, 0.4) is 0 Å². The van der Waals surface area contributed by atoms with Gasteiger partial charge in [-0.3, -0.25) is 4.90 Å². The van der Waals surface area contributed by atoms with Crippen molar-refractivity contribution in [3.63, 3.8) is 0 Å². The van der Waals surface area contributed by atoms with Gasteiger partial charge in [0.25, 0.3) is 0 Å². The predicted octanol–water partition coefficient (Wildman–Crippen LogP) is 1.15. The Morgan fingerprint density at radius 2 is 1.94 bits per heavy atom. The molecule has 2 aliphatic rings. The highest BCUT2D eigenvalue weighted by Crippen LogP contribution is 2.23. The van der Waals surface area contributed by atoms with Crippen molar-refractivity contribution in [2.75, 3.05) is 31.1 Å². The zero-order valence-electron chi connectivity index (χ0n) is 9.55. The summed E-state index contributed by atoms with van der Waals surface area (Å²) < 4.78 is 0. The van der Waals surface area contributed by atoms with Crippen molar-refractivity contribution in [1.82, 2.24) is 14.9 Å². The highest BCUT2D eigenvalue weighted by molar-refractivity contribution is 5.42. The minimum absolute atomic E-state index is 0.753. The molecule has 2 fully saturated rings. The molecule has 0 saturated carbocycles. The van der Waals surface area contributed by atoms with Crippen molar-refractivity contribution in [3.05, 3.63) is 18.7 Å². The van der Waals surface area contributed by atoms with E-state index in [4.69, 9.17) is 0 Å². The van der Waals surface area contributed by atoms with Crippen molar-refractivity contribution in [2.24, 2.45) is 0 Å². The van der Waals surface area contributed by atoms with Crippen LogP contribution < -0.4 is 4.90 Å². The van der Waals surface area contributed by atoms with E-state index in [-0.39, 0.29) is 0 Å². The van der Waals surface area contributed by atoms with E-state index in [0.717, 1.165) is 19.1 Å². The first-order valence-electron chi connectivity index (χ1n) is 6.17. The maximum Gasteiger partial charge on any atom is 0.115 e. The molecule has 1 aromatic rings. The molecule has 3 heterocycles. The van der Waals surface area contributed by atoms with Crippen LogP contribution in [0.5, 0.6) is 0 Å². The molecule has 0 aliphatic carbocycles. The van der Waals surface area contributed by atoms with Crippen LogP contribution in [0.2, 0.25) is 0 Å². The van der Waals surface area contributed by atoms with Crippen LogP contribution in [-0.4, -0.2) is 47.1 Å². The average Bonchev–Trinajstić information content (AvgIpc) is 2.39. The lowest BCUT2D eigenvalue weighted by Gasteiger charge is -2.44. The number of aromatic nitrogens is 2. The van der Waals surface area contributed by atoms with Crippen molar-refractivity contribution in [1.29, 1.82) is 0 Å². The van der Waals surface area contributed by atoms with Gasteiger partial charge >= 0.3 is 0 Å². The number of hydrogen-bond acceptors (Lipinski definition) is 4. The third-order valence-electron chi connectivity index (χ3n) is 3.75. The van der Waals surface area contributed by atoms with Gasteiger partial charge < -0.3 is 4.90 Å². The molecule has 4 heteroatoms. The highest BCUT2D eigenvalue weighted by atomic mass is 15.3. The molecule has 2 aliphatic heterocycles. The zero-order valence-corrected chi connectivity index (χ0v) is 9.55. The number of piperidine rings is 1. The summed E-state index contributed by atoms with van der Waals surface area (Å²) in [6, 6.07) is 0.753. The maximum atomic E-state index is 4.10. The van der Waals surface area contributed by atoms with Gasteiger partial charge in [0.1, 0.15) is 6.33 Å². The van der Waals surface area contributed by atoms with Gasteiger partial charge in [0, 0.05) is 25.7 Å². The molecule has 4 nitrogen and oxygen atoms in total. The fourth-order valence-corrected chi connectivity index (χ4v) is 2.85. The van der Waals surface area contributed by atoms with Crippen molar-refractivity contribution in [2.45, 2.75) is 25.3 Å². The minimum Gasteiger partial charge on any atom is -0.366 e. The summed E-state index contributed by atoms with van der Waals surface area (Å²) in [5.41, 5.74) is 1.17. The lowest BCUT2D eigenvalue weighted by atomic mass is 9.99. The molecule has 3 rings (SSSR count). The SMILES string of the molecule is c1ncc(N2CCN3CCCCC3C2)cn1. The first kappa shape index (κ1) is 10.0. The zero-order chi connectivity index (χ0) is 10.8. The van der Waals surface area contributed by atoms with Crippen LogP contribution in [0.4, 0.5) is 5.69 Å². The molecule has 1 atom stereocenters. The van der Waals surface area contributed by atoms with Crippen molar-refractivity contribution >= 4 is 5.69 Å². The van der Waals surface area contributed by atoms with E-state index in [9.17, 15) is 0 Å². The molecule has 0 bridgehead atoms. The maximum absolute atomic E-state index is 4.10.